The molecule has 0 unspecified atom stereocenters. The van der Waals surface area contributed by atoms with Crippen molar-refractivity contribution in [3.8, 4) is 0 Å². The molecule has 11 heavy (non-hydrogen) atoms. The summed E-state index contributed by atoms with van der Waals surface area (Å²) in [7, 11) is 0. The van der Waals surface area contributed by atoms with Crippen molar-refractivity contribution in [1.29, 1.82) is 0 Å². The van der Waals surface area contributed by atoms with Gasteiger partial charge in [-0.05, 0) is 37.2 Å². The molecule has 2 aliphatic carbocycles. The van der Waals surface area contributed by atoms with Gasteiger partial charge in [0, 0.05) is 6.42 Å². The van der Waals surface area contributed by atoms with Gasteiger partial charge in [0.15, 0.2) is 5.78 Å². The first-order chi connectivity index (χ1) is 5.20. The molecule has 2 aliphatic rings. The van der Waals surface area contributed by atoms with Gasteiger partial charge in [0.1, 0.15) is 0 Å². The van der Waals surface area contributed by atoms with Crippen molar-refractivity contribution in [1.82, 2.24) is 0 Å². The first-order valence-corrected chi connectivity index (χ1v) is 4.43. The maximum Gasteiger partial charge on any atom is 0.159 e. The Balaban J connectivity index is 2.36. The van der Waals surface area contributed by atoms with Crippen LogP contribution in [0.2, 0.25) is 0 Å². The Bertz CT molecular complexity index is 237. The van der Waals surface area contributed by atoms with Gasteiger partial charge in [0.05, 0.1) is 0 Å². The number of ketones is 1. The summed E-state index contributed by atoms with van der Waals surface area (Å²) in [6.07, 6.45) is 3.29. The monoisotopic (exact) mass is 150 g/mol. The third-order valence-electron chi connectivity index (χ3n) is 3.31. The summed E-state index contributed by atoms with van der Waals surface area (Å²) >= 11 is 0. The van der Waals surface area contributed by atoms with E-state index in [4.69, 9.17) is 0 Å². The van der Waals surface area contributed by atoms with Crippen LogP contribution in [0.4, 0.5) is 0 Å². The van der Waals surface area contributed by atoms with Gasteiger partial charge in [0.2, 0.25) is 0 Å². The highest BCUT2D eigenvalue weighted by Crippen LogP contribution is 2.44. The first-order valence-electron chi connectivity index (χ1n) is 4.43. The number of Topliss-reactive ketones (excluding diaryl/α,β-unsaturated/α-hetero) is 1. The van der Waals surface area contributed by atoms with E-state index >= 15 is 0 Å². The van der Waals surface area contributed by atoms with E-state index in [0.717, 1.165) is 17.9 Å². The van der Waals surface area contributed by atoms with Crippen LogP contribution in [0.15, 0.2) is 11.1 Å². The van der Waals surface area contributed by atoms with Crippen molar-refractivity contribution >= 4 is 5.78 Å². The summed E-state index contributed by atoms with van der Waals surface area (Å²) in [5.74, 6) is 1.78. The molecular formula is C10H14O. The van der Waals surface area contributed by atoms with Gasteiger partial charge >= 0.3 is 0 Å². The predicted octanol–water partition coefficient (Wildman–Crippen LogP) is 2.32. The molecule has 0 heterocycles. The molecule has 0 aromatic rings. The minimum absolute atomic E-state index is 0.400. The van der Waals surface area contributed by atoms with Crippen LogP contribution in [0, 0.1) is 11.8 Å². The zero-order valence-electron chi connectivity index (χ0n) is 7.18. The van der Waals surface area contributed by atoms with Crippen molar-refractivity contribution in [2.45, 2.75) is 33.1 Å². The number of rotatable bonds is 0. The van der Waals surface area contributed by atoms with Crippen LogP contribution in [0.5, 0.6) is 0 Å². The van der Waals surface area contributed by atoms with E-state index in [0.29, 0.717) is 11.7 Å². The van der Waals surface area contributed by atoms with E-state index in [-0.39, 0.29) is 0 Å². The summed E-state index contributed by atoms with van der Waals surface area (Å²) in [4.78, 5) is 11.3. The molecular weight excluding hydrogens is 136 g/mol. The summed E-state index contributed by atoms with van der Waals surface area (Å²) in [5.41, 5.74) is 2.56. The lowest BCUT2D eigenvalue weighted by Crippen LogP contribution is -2.04. The maximum atomic E-state index is 11.3. The SMILES string of the molecule is CC1=C2CC[C@@H](C)[C@H]2CC1=O. The Morgan fingerprint density at radius 1 is 1.45 bits per heavy atom. The van der Waals surface area contributed by atoms with Gasteiger partial charge in [-0.15, -0.1) is 0 Å². The average molecular weight is 150 g/mol. The summed E-state index contributed by atoms with van der Waals surface area (Å²) in [6.45, 7) is 4.26. The quantitative estimate of drug-likeness (QED) is 0.518. The minimum Gasteiger partial charge on any atom is -0.295 e. The second kappa shape index (κ2) is 2.20. The predicted molar refractivity (Wildman–Crippen MR) is 44.2 cm³/mol. The molecule has 0 aliphatic heterocycles. The Hall–Kier alpha value is -0.590. The van der Waals surface area contributed by atoms with Crippen molar-refractivity contribution in [3.05, 3.63) is 11.1 Å². The summed E-state index contributed by atoms with van der Waals surface area (Å²) in [6, 6.07) is 0. The summed E-state index contributed by atoms with van der Waals surface area (Å²) < 4.78 is 0. The number of carbonyl (C=O) groups excluding carboxylic acids is 1. The van der Waals surface area contributed by atoms with Crippen molar-refractivity contribution in [2.75, 3.05) is 0 Å². The van der Waals surface area contributed by atoms with Crippen LogP contribution in [-0.4, -0.2) is 5.78 Å². The zero-order chi connectivity index (χ0) is 8.01. The fourth-order valence-electron chi connectivity index (χ4n) is 2.44. The van der Waals surface area contributed by atoms with Gasteiger partial charge < -0.3 is 0 Å². The molecule has 0 aromatic heterocycles. The first kappa shape index (κ1) is 7.08. The lowest BCUT2D eigenvalue weighted by atomic mass is 9.96. The molecule has 2 atom stereocenters. The second-order valence-electron chi connectivity index (χ2n) is 3.90. The van der Waals surface area contributed by atoms with Crippen molar-refractivity contribution in [2.24, 2.45) is 11.8 Å². The van der Waals surface area contributed by atoms with Gasteiger partial charge in [-0.25, -0.2) is 0 Å². The fourth-order valence-corrected chi connectivity index (χ4v) is 2.44. The molecule has 0 aromatic carbocycles. The molecule has 0 saturated heterocycles. The highest BCUT2D eigenvalue weighted by molar-refractivity contribution is 5.98. The summed E-state index contributed by atoms with van der Waals surface area (Å²) in [5, 5.41) is 0. The molecule has 1 saturated carbocycles. The van der Waals surface area contributed by atoms with E-state index in [1.165, 1.54) is 18.4 Å². The van der Waals surface area contributed by atoms with Gasteiger partial charge in [-0.1, -0.05) is 12.5 Å². The normalized spacial score (nSPS) is 36.7. The van der Waals surface area contributed by atoms with E-state index in [2.05, 4.69) is 6.92 Å². The molecule has 2 rings (SSSR count). The molecule has 0 radical (unpaired) electrons. The third kappa shape index (κ3) is 0.867. The maximum absolute atomic E-state index is 11.3. The van der Waals surface area contributed by atoms with Crippen LogP contribution in [0.3, 0.4) is 0 Å². The van der Waals surface area contributed by atoms with Crippen LogP contribution >= 0.6 is 0 Å². The van der Waals surface area contributed by atoms with Crippen molar-refractivity contribution < 1.29 is 4.79 Å². The lowest BCUT2D eigenvalue weighted by molar-refractivity contribution is -0.115. The standard InChI is InChI=1S/C10H14O/c1-6-3-4-8-7(2)10(11)5-9(6)8/h6,9H,3-5H2,1-2H3/t6-,9-/m1/s1. The largest absolute Gasteiger partial charge is 0.295 e. The highest BCUT2D eigenvalue weighted by atomic mass is 16.1. The minimum atomic E-state index is 0.400. The number of hydrogen-bond acceptors (Lipinski definition) is 1. The van der Waals surface area contributed by atoms with E-state index in [1.54, 1.807) is 0 Å². The van der Waals surface area contributed by atoms with E-state index in [1.807, 2.05) is 6.92 Å². The van der Waals surface area contributed by atoms with Crippen LogP contribution in [-0.2, 0) is 4.79 Å². The van der Waals surface area contributed by atoms with Crippen LogP contribution in [0.25, 0.3) is 0 Å². The Morgan fingerprint density at radius 2 is 2.18 bits per heavy atom. The molecule has 0 amide bonds. The molecule has 1 nitrogen and oxygen atoms in total. The Labute approximate surface area is 67.5 Å². The second-order valence-corrected chi connectivity index (χ2v) is 3.90. The Morgan fingerprint density at radius 3 is 2.82 bits per heavy atom. The average Bonchev–Trinajstić information content (AvgIpc) is 2.43. The number of allylic oxidation sites excluding steroid dienone is 2. The third-order valence-corrected chi connectivity index (χ3v) is 3.31. The van der Waals surface area contributed by atoms with Crippen LogP contribution < -0.4 is 0 Å². The van der Waals surface area contributed by atoms with Crippen molar-refractivity contribution in [3.63, 3.8) is 0 Å². The Kier molecular flexibility index (Phi) is 1.41. The molecule has 0 N–H and O–H groups in total. The van der Waals surface area contributed by atoms with Gasteiger partial charge in [0.25, 0.3) is 0 Å². The van der Waals surface area contributed by atoms with Gasteiger partial charge in [-0.2, -0.15) is 0 Å². The molecule has 0 bridgehead atoms. The topological polar surface area (TPSA) is 17.1 Å². The lowest BCUT2D eigenvalue weighted by Gasteiger charge is -2.08. The smallest absolute Gasteiger partial charge is 0.159 e. The van der Waals surface area contributed by atoms with Crippen LogP contribution in [0.1, 0.15) is 33.1 Å². The highest BCUT2D eigenvalue weighted by Gasteiger charge is 2.37. The zero-order valence-corrected chi connectivity index (χ0v) is 7.18. The fraction of sp³-hybridized carbons (Fsp3) is 0.700. The van der Waals surface area contributed by atoms with Gasteiger partial charge in [-0.3, -0.25) is 4.79 Å². The number of fused-ring (bicyclic) bond motifs is 1. The molecule has 1 heteroatoms. The van der Waals surface area contributed by atoms with E-state index in [9.17, 15) is 4.79 Å². The molecule has 0 spiro atoms. The molecule has 60 valence electrons. The van der Waals surface area contributed by atoms with E-state index < -0.39 is 0 Å². The number of carbonyl (C=O) groups is 1. The molecule has 1 fully saturated rings. The number of hydrogen-bond donors (Lipinski definition) is 0.